The summed E-state index contributed by atoms with van der Waals surface area (Å²) in [6.07, 6.45) is -4.40. The van der Waals surface area contributed by atoms with Gasteiger partial charge in [-0.15, -0.1) is 0 Å². The van der Waals surface area contributed by atoms with E-state index >= 15 is 0 Å². The molecule has 6 nitrogen and oxygen atoms in total. The number of carbonyl (C=O) groups excluding carboxylic acids is 2. The van der Waals surface area contributed by atoms with Gasteiger partial charge in [0, 0.05) is 24.0 Å². The average molecular weight is 438 g/mol. The van der Waals surface area contributed by atoms with Crippen LogP contribution >= 0.6 is 23.2 Å². The number of aliphatic hydroxyl groups is 1. The molecule has 0 saturated heterocycles. The number of carbonyl (C=O) groups is 2. The summed E-state index contributed by atoms with van der Waals surface area (Å²) < 4.78 is 40.9. The number of halogens is 5. The zero-order chi connectivity index (χ0) is 20.8. The number of amides is 2. The molecule has 0 radical (unpaired) electrons. The molecular weight excluding hydrogens is 422 g/mol. The molecule has 0 fully saturated rings. The molecule has 0 bridgehead atoms. The highest BCUT2D eigenvalue weighted by Gasteiger charge is 2.36. The molecular formula is C17H16Cl2F3N3O3. The number of fused-ring (bicyclic) bond motifs is 3. The van der Waals surface area contributed by atoms with E-state index in [1.54, 1.807) is 6.92 Å². The summed E-state index contributed by atoms with van der Waals surface area (Å²) >= 11 is 12.4. The molecule has 11 heteroatoms. The van der Waals surface area contributed by atoms with Crippen LogP contribution in [0.15, 0.2) is 6.07 Å². The fourth-order valence-corrected chi connectivity index (χ4v) is 3.98. The van der Waals surface area contributed by atoms with E-state index in [9.17, 15) is 22.8 Å². The van der Waals surface area contributed by atoms with Crippen molar-refractivity contribution < 1.29 is 27.9 Å². The lowest BCUT2D eigenvalue weighted by atomic mass is 9.96. The molecule has 28 heavy (non-hydrogen) atoms. The molecule has 1 aromatic carbocycles. The van der Waals surface area contributed by atoms with E-state index in [0.717, 1.165) is 4.57 Å². The van der Waals surface area contributed by atoms with Crippen LogP contribution in [0.5, 0.6) is 0 Å². The predicted molar refractivity (Wildman–Crippen MR) is 98.9 cm³/mol. The van der Waals surface area contributed by atoms with Gasteiger partial charge in [0.25, 0.3) is 0 Å². The number of hydrogen-bond acceptors (Lipinski definition) is 3. The lowest BCUT2D eigenvalue weighted by Crippen LogP contribution is -2.27. The quantitative estimate of drug-likeness (QED) is 0.689. The lowest BCUT2D eigenvalue weighted by molar-refractivity contribution is -0.140. The first-order valence-electron chi connectivity index (χ1n) is 8.33. The largest absolute Gasteiger partial charge is 0.406 e. The first kappa shape index (κ1) is 20.8. The van der Waals surface area contributed by atoms with E-state index in [1.165, 1.54) is 6.07 Å². The van der Waals surface area contributed by atoms with Crippen molar-refractivity contribution >= 4 is 51.6 Å². The lowest BCUT2D eigenvalue weighted by Gasteiger charge is -2.15. The van der Waals surface area contributed by atoms with Gasteiger partial charge in [0.05, 0.1) is 27.2 Å². The van der Waals surface area contributed by atoms with Gasteiger partial charge in [-0.3, -0.25) is 9.59 Å². The summed E-state index contributed by atoms with van der Waals surface area (Å²) in [6.45, 7) is -0.429. The second-order valence-electron chi connectivity index (χ2n) is 6.47. The van der Waals surface area contributed by atoms with Crippen molar-refractivity contribution in [1.82, 2.24) is 9.88 Å². The number of alkyl halides is 3. The summed E-state index contributed by atoms with van der Waals surface area (Å²) in [7, 11) is 0. The molecule has 3 rings (SSSR count). The van der Waals surface area contributed by atoms with Crippen LogP contribution in [-0.2, 0) is 22.6 Å². The zero-order valence-electron chi connectivity index (χ0n) is 14.6. The SMILES string of the molecule is CC1C(=O)NCCc2c1c1c(NC(=O)CO)cc(Cl)c(Cl)c1n2CC(F)(F)F. The van der Waals surface area contributed by atoms with E-state index < -0.39 is 31.2 Å². The van der Waals surface area contributed by atoms with Crippen LogP contribution in [0.4, 0.5) is 18.9 Å². The third kappa shape index (κ3) is 3.66. The van der Waals surface area contributed by atoms with Crippen LogP contribution in [-0.4, -0.2) is 40.8 Å². The summed E-state index contributed by atoms with van der Waals surface area (Å²) in [4.78, 5) is 24.1. The van der Waals surface area contributed by atoms with Gasteiger partial charge in [0.2, 0.25) is 11.8 Å². The fourth-order valence-electron chi connectivity index (χ4n) is 3.53. The predicted octanol–water partition coefficient (Wildman–Crippen LogP) is 3.22. The van der Waals surface area contributed by atoms with Crippen molar-refractivity contribution in [2.75, 3.05) is 18.5 Å². The van der Waals surface area contributed by atoms with Crippen LogP contribution in [0, 0.1) is 0 Å². The van der Waals surface area contributed by atoms with Gasteiger partial charge < -0.3 is 20.3 Å². The highest BCUT2D eigenvalue weighted by Crippen LogP contribution is 2.45. The molecule has 1 aliphatic rings. The van der Waals surface area contributed by atoms with Gasteiger partial charge in [-0.2, -0.15) is 13.2 Å². The van der Waals surface area contributed by atoms with Crippen molar-refractivity contribution in [3.63, 3.8) is 0 Å². The molecule has 2 aromatic rings. The van der Waals surface area contributed by atoms with Gasteiger partial charge in [-0.25, -0.2) is 0 Å². The first-order valence-corrected chi connectivity index (χ1v) is 9.09. The van der Waals surface area contributed by atoms with Crippen molar-refractivity contribution in [2.24, 2.45) is 0 Å². The molecule has 3 N–H and O–H groups in total. The second-order valence-corrected chi connectivity index (χ2v) is 7.26. The summed E-state index contributed by atoms with van der Waals surface area (Å²) in [5.74, 6) is -1.91. The standard InChI is InChI=1S/C17H16Cl2F3N3O3/c1-7-12-10(2-3-23-16(7)28)25(6-17(20,21)22)15-13(12)9(24-11(27)5-26)4-8(18)14(15)19/h4,7,26H,2-3,5-6H2,1H3,(H,23,28)(H,24,27). The van der Waals surface area contributed by atoms with Crippen LogP contribution in [0.1, 0.15) is 24.1 Å². The summed E-state index contributed by atoms with van der Waals surface area (Å²) in [5.41, 5.74) is 0.719. The summed E-state index contributed by atoms with van der Waals surface area (Å²) in [6, 6.07) is 1.30. The van der Waals surface area contributed by atoms with E-state index in [2.05, 4.69) is 10.6 Å². The Kier molecular flexibility index (Phi) is 5.53. The molecule has 2 heterocycles. The third-order valence-electron chi connectivity index (χ3n) is 4.61. The Bertz CT molecular complexity index is 972. The Morgan fingerprint density at radius 2 is 2.11 bits per heavy atom. The Balaban J connectivity index is 2.43. The van der Waals surface area contributed by atoms with Gasteiger partial charge in [-0.05, 0) is 18.6 Å². The van der Waals surface area contributed by atoms with E-state index in [1.807, 2.05) is 0 Å². The van der Waals surface area contributed by atoms with Crippen molar-refractivity contribution in [2.45, 2.75) is 32.0 Å². The molecule has 1 unspecified atom stereocenters. The minimum absolute atomic E-state index is 0.00807. The van der Waals surface area contributed by atoms with Crippen LogP contribution in [0.3, 0.4) is 0 Å². The number of benzene rings is 1. The molecule has 1 aromatic heterocycles. The molecule has 1 atom stereocenters. The molecule has 2 amide bonds. The number of rotatable bonds is 3. The van der Waals surface area contributed by atoms with Crippen molar-refractivity contribution in [3.05, 3.63) is 27.4 Å². The third-order valence-corrected chi connectivity index (χ3v) is 5.39. The van der Waals surface area contributed by atoms with Crippen LogP contribution in [0.2, 0.25) is 10.0 Å². The number of aromatic nitrogens is 1. The average Bonchev–Trinajstić information content (AvgIpc) is 2.83. The smallest absolute Gasteiger partial charge is 0.387 e. The maximum absolute atomic E-state index is 13.3. The van der Waals surface area contributed by atoms with E-state index in [-0.39, 0.29) is 45.5 Å². The monoisotopic (exact) mass is 437 g/mol. The summed E-state index contributed by atoms with van der Waals surface area (Å²) in [5, 5.41) is 14.2. The Morgan fingerprint density at radius 1 is 1.43 bits per heavy atom. The van der Waals surface area contributed by atoms with Gasteiger partial charge >= 0.3 is 6.18 Å². The first-order chi connectivity index (χ1) is 13.0. The van der Waals surface area contributed by atoms with Gasteiger partial charge in [0.15, 0.2) is 0 Å². The Labute approximate surface area is 167 Å². The van der Waals surface area contributed by atoms with Crippen molar-refractivity contribution in [1.29, 1.82) is 0 Å². The Morgan fingerprint density at radius 3 is 2.71 bits per heavy atom. The number of hydrogen-bond donors (Lipinski definition) is 3. The molecule has 0 saturated carbocycles. The Hall–Kier alpha value is -1.97. The van der Waals surface area contributed by atoms with Gasteiger partial charge in [-0.1, -0.05) is 23.2 Å². The van der Waals surface area contributed by atoms with Crippen LogP contribution in [0.25, 0.3) is 10.9 Å². The number of aliphatic hydroxyl groups excluding tert-OH is 1. The van der Waals surface area contributed by atoms with Crippen LogP contribution < -0.4 is 10.6 Å². The normalized spacial score (nSPS) is 17.2. The maximum atomic E-state index is 13.3. The number of anilines is 1. The highest BCUT2D eigenvalue weighted by atomic mass is 35.5. The number of nitrogens with one attached hydrogen (secondary N) is 2. The van der Waals surface area contributed by atoms with Gasteiger partial charge in [0.1, 0.15) is 13.2 Å². The highest BCUT2D eigenvalue weighted by molar-refractivity contribution is 6.46. The number of nitrogens with zero attached hydrogens (tertiary/aromatic N) is 1. The molecule has 152 valence electrons. The van der Waals surface area contributed by atoms with Crippen molar-refractivity contribution in [3.8, 4) is 0 Å². The minimum atomic E-state index is -4.55. The van der Waals surface area contributed by atoms with E-state index in [4.69, 9.17) is 28.3 Å². The topological polar surface area (TPSA) is 83.4 Å². The molecule has 1 aliphatic heterocycles. The fraction of sp³-hybridized carbons (Fsp3) is 0.412. The maximum Gasteiger partial charge on any atom is 0.406 e. The van der Waals surface area contributed by atoms with E-state index in [0.29, 0.717) is 11.3 Å². The zero-order valence-corrected chi connectivity index (χ0v) is 16.1. The molecule has 0 aliphatic carbocycles. The second kappa shape index (κ2) is 7.46. The minimum Gasteiger partial charge on any atom is -0.387 e. The molecule has 0 spiro atoms.